The van der Waals surface area contributed by atoms with Crippen molar-refractivity contribution >= 4 is 5.91 Å². The van der Waals surface area contributed by atoms with Crippen molar-refractivity contribution in [3.05, 3.63) is 53.9 Å². The van der Waals surface area contributed by atoms with E-state index in [0.717, 1.165) is 39.0 Å². The number of rotatable bonds is 6. The van der Waals surface area contributed by atoms with Crippen molar-refractivity contribution < 1.29 is 9.90 Å². The summed E-state index contributed by atoms with van der Waals surface area (Å²) in [4.78, 5) is 14.7. The van der Waals surface area contributed by atoms with Crippen molar-refractivity contribution in [1.29, 1.82) is 0 Å². The number of carbonyl (C=O) groups is 1. The second-order valence-corrected chi connectivity index (χ2v) is 7.85. The quantitative estimate of drug-likeness (QED) is 0.812. The maximum absolute atomic E-state index is 12.4. The van der Waals surface area contributed by atoms with E-state index in [-0.39, 0.29) is 11.9 Å². The first-order valence-corrected chi connectivity index (χ1v) is 9.91. The molecule has 0 saturated heterocycles. The van der Waals surface area contributed by atoms with Crippen molar-refractivity contribution in [2.75, 3.05) is 13.1 Å². The van der Waals surface area contributed by atoms with Gasteiger partial charge in [0.2, 0.25) is 5.91 Å². The molecule has 1 aliphatic carbocycles. The molecule has 3 atom stereocenters. The average molecular weight is 368 g/mol. The van der Waals surface area contributed by atoms with Crippen LogP contribution < -0.4 is 5.32 Å². The average Bonchev–Trinajstić information content (AvgIpc) is 3.30. The lowest BCUT2D eigenvalue weighted by molar-refractivity contribution is -0.122. The predicted molar refractivity (Wildman–Crippen MR) is 103 cm³/mol. The third-order valence-electron chi connectivity index (χ3n) is 5.84. The summed E-state index contributed by atoms with van der Waals surface area (Å²) in [5, 5.41) is 17.6. The molecule has 27 heavy (non-hydrogen) atoms. The first kappa shape index (κ1) is 18.2. The molecule has 0 bridgehead atoms. The van der Waals surface area contributed by atoms with Crippen LogP contribution in [0.3, 0.4) is 0 Å². The van der Waals surface area contributed by atoms with Crippen molar-refractivity contribution in [3.63, 3.8) is 0 Å². The summed E-state index contributed by atoms with van der Waals surface area (Å²) in [5.74, 6) is 0.390. The van der Waals surface area contributed by atoms with E-state index in [1.807, 2.05) is 16.9 Å². The largest absolute Gasteiger partial charge is 0.391 e. The van der Waals surface area contributed by atoms with Crippen LogP contribution in [0.4, 0.5) is 0 Å². The van der Waals surface area contributed by atoms with Gasteiger partial charge in [-0.3, -0.25) is 14.4 Å². The van der Waals surface area contributed by atoms with Crippen LogP contribution in [0.15, 0.2) is 42.7 Å². The van der Waals surface area contributed by atoms with Gasteiger partial charge in [-0.2, -0.15) is 5.10 Å². The summed E-state index contributed by atoms with van der Waals surface area (Å²) in [6.45, 7) is 3.48. The number of aliphatic hydroxyl groups is 1. The zero-order valence-corrected chi connectivity index (χ0v) is 15.6. The summed E-state index contributed by atoms with van der Waals surface area (Å²) < 4.78 is 1.90. The Labute approximate surface area is 160 Å². The standard InChI is InChI=1S/C21H28N4O2/c26-20-13-16(14-25-9-3-8-22-25)12-19(20)23-21(27)7-11-24-10-6-17-4-1-2-5-18(17)15-24/h1-5,8-9,16,19-20,26H,6-7,10-15H2,(H,23,27)/t16?,19-,20-/m1/s1. The number of aliphatic hydroxyl groups excluding tert-OH is 1. The molecular formula is C21H28N4O2. The zero-order chi connectivity index (χ0) is 18.6. The summed E-state index contributed by atoms with van der Waals surface area (Å²) in [6, 6.07) is 10.3. The van der Waals surface area contributed by atoms with Crippen LogP contribution in [-0.2, 0) is 24.3 Å². The molecule has 4 rings (SSSR count). The van der Waals surface area contributed by atoms with Gasteiger partial charge in [-0.1, -0.05) is 24.3 Å². The van der Waals surface area contributed by atoms with Gasteiger partial charge < -0.3 is 10.4 Å². The normalized spacial score (nSPS) is 25.3. The molecule has 2 heterocycles. The molecule has 1 aromatic heterocycles. The smallest absolute Gasteiger partial charge is 0.221 e. The monoisotopic (exact) mass is 368 g/mol. The maximum atomic E-state index is 12.4. The van der Waals surface area contributed by atoms with Crippen molar-refractivity contribution in [2.24, 2.45) is 5.92 Å². The van der Waals surface area contributed by atoms with Crippen LogP contribution in [0.1, 0.15) is 30.4 Å². The second kappa shape index (κ2) is 8.23. The number of amides is 1. The molecule has 1 aromatic carbocycles. The Morgan fingerprint density at radius 2 is 2.07 bits per heavy atom. The molecule has 2 aliphatic rings. The van der Waals surface area contributed by atoms with E-state index in [0.29, 0.717) is 18.8 Å². The molecule has 1 fully saturated rings. The van der Waals surface area contributed by atoms with Gasteiger partial charge in [0.1, 0.15) is 0 Å². The van der Waals surface area contributed by atoms with Gasteiger partial charge in [0, 0.05) is 45.0 Å². The van der Waals surface area contributed by atoms with Gasteiger partial charge in [-0.05, 0) is 42.4 Å². The molecular weight excluding hydrogens is 340 g/mol. The Bertz CT molecular complexity index is 761. The molecule has 0 radical (unpaired) electrons. The van der Waals surface area contributed by atoms with Gasteiger partial charge in [0.05, 0.1) is 12.1 Å². The number of carbonyl (C=O) groups excluding carboxylic acids is 1. The fourth-order valence-electron chi connectivity index (χ4n) is 4.38. The zero-order valence-electron chi connectivity index (χ0n) is 15.6. The van der Waals surface area contributed by atoms with Crippen molar-refractivity contribution in [1.82, 2.24) is 20.0 Å². The van der Waals surface area contributed by atoms with E-state index in [2.05, 4.69) is 39.6 Å². The third-order valence-corrected chi connectivity index (χ3v) is 5.84. The van der Waals surface area contributed by atoms with E-state index in [4.69, 9.17) is 0 Å². The number of hydrogen-bond donors (Lipinski definition) is 2. The Morgan fingerprint density at radius 3 is 2.89 bits per heavy atom. The number of hydrogen-bond acceptors (Lipinski definition) is 4. The van der Waals surface area contributed by atoms with E-state index in [1.165, 1.54) is 11.1 Å². The summed E-state index contributed by atoms with van der Waals surface area (Å²) in [7, 11) is 0. The van der Waals surface area contributed by atoms with Crippen LogP contribution in [0.5, 0.6) is 0 Å². The van der Waals surface area contributed by atoms with Gasteiger partial charge >= 0.3 is 0 Å². The molecule has 2 aromatic rings. The fourth-order valence-corrected chi connectivity index (χ4v) is 4.38. The first-order valence-electron chi connectivity index (χ1n) is 9.91. The van der Waals surface area contributed by atoms with E-state index in [9.17, 15) is 9.90 Å². The molecule has 6 heteroatoms. The number of nitrogens with zero attached hydrogens (tertiary/aromatic N) is 3. The van der Waals surface area contributed by atoms with Crippen molar-refractivity contribution in [2.45, 2.75) is 50.9 Å². The highest BCUT2D eigenvalue weighted by Gasteiger charge is 2.34. The molecule has 6 nitrogen and oxygen atoms in total. The lowest BCUT2D eigenvalue weighted by atomic mass is 10.00. The molecule has 1 unspecified atom stereocenters. The number of benzene rings is 1. The Kier molecular flexibility index (Phi) is 5.55. The second-order valence-electron chi connectivity index (χ2n) is 7.85. The Hall–Kier alpha value is -2.18. The minimum absolute atomic E-state index is 0.0395. The van der Waals surface area contributed by atoms with Crippen LogP contribution in [0.25, 0.3) is 0 Å². The molecule has 0 spiro atoms. The van der Waals surface area contributed by atoms with E-state index < -0.39 is 6.10 Å². The van der Waals surface area contributed by atoms with E-state index in [1.54, 1.807) is 6.20 Å². The lowest BCUT2D eigenvalue weighted by Gasteiger charge is -2.28. The lowest BCUT2D eigenvalue weighted by Crippen LogP contribution is -2.41. The highest BCUT2D eigenvalue weighted by molar-refractivity contribution is 5.76. The van der Waals surface area contributed by atoms with E-state index >= 15 is 0 Å². The van der Waals surface area contributed by atoms with Crippen LogP contribution in [-0.4, -0.2) is 50.9 Å². The van der Waals surface area contributed by atoms with Gasteiger partial charge in [0.25, 0.3) is 0 Å². The van der Waals surface area contributed by atoms with Crippen LogP contribution >= 0.6 is 0 Å². The predicted octanol–water partition coefficient (Wildman–Crippen LogP) is 1.59. The molecule has 1 amide bonds. The Morgan fingerprint density at radius 1 is 1.22 bits per heavy atom. The number of aromatic nitrogens is 2. The maximum Gasteiger partial charge on any atom is 0.221 e. The molecule has 1 aliphatic heterocycles. The third kappa shape index (κ3) is 4.57. The van der Waals surface area contributed by atoms with Gasteiger partial charge in [-0.15, -0.1) is 0 Å². The summed E-state index contributed by atoms with van der Waals surface area (Å²) >= 11 is 0. The minimum atomic E-state index is -0.462. The molecule has 144 valence electrons. The van der Waals surface area contributed by atoms with Gasteiger partial charge in [0.15, 0.2) is 0 Å². The SMILES string of the molecule is O=C(CCN1CCc2ccccc2C1)N[C@@H]1CC(Cn2cccn2)C[C@H]1O. The Balaban J connectivity index is 1.22. The minimum Gasteiger partial charge on any atom is -0.391 e. The number of nitrogens with one attached hydrogen (secondary N) is 1. The molecule has 1 saturated carbocycles. The van der Waals surface area contributed by atoms with Crippen LogP contribution in [0, 0.1) is 5.92 Å². The fraction of sp³-hybridized carbons (Fsp3) is 0.524. The highest BCUT2D eigenvalue weighted by atomic mass is 16.3. The van der Waals surface area contributed by atoms with Gasteiger partial charge in [-0.25, -0.2) is 0 Å². The summed E-state index contributed by atoms with van der Waals surface area (Å²) in [5.41, 5.74) is 2.80. The van der Waals surface area contributed by atoms with Crippen molar-refractivity contribution in [3.8, 4) is 0 Å². The topological polar surface area (TPSA) is 70.4 Å². The molecule has 2 N–H and O–H groups in total. The summed E-state index contributed by atoms with van der Waals surface area (Å²) in [6.07, 6.45) is 6.30. The van der Waals surface area contributed by atoms with Crippen LogP contribution in [0.2, 0.25) is 0 Å². The highest BCUT2D eigenvalue weighted by Crippen LogP contribution is 2.27. The first-order chi connectivity index (χ1) is 13.2. The number of fused-ring (bicyclic) bond motifs is 1.